The molecule has 2 atom stereocenters. The van der Waals surface area contributed by atoms with Crippen LogP contribution in [0.5, 0.6) is 0 Å². The lowest BCUT2D eigenvalue weighted by Gasteiger charge is -2.21. The van der Waals surface area contributed by atoms with E-state index in [-0.39, 0.29) is 11.9 Å². The van der Waals surface area contributed by atoms with E-state index in [1.165, 1.54) is 31.7 Å². The zero-order valence-electron chi connectivity index (χ0n) is 12.2. The molecule has 0 spiro atoms. The van der Waals surface area contributed by atoms with Crippen LogP contribution in [-0.4, -0.2) is 6.04 Å². The third-order valence-electron chi connectivity index (χ3n) is 3.45. The normalized spacial score (nSPS) is 14.4. The summed E-state index contributed by atoms with van der Waals surface area (Å²) in [5.41, 5.74) is 0.731. The van der Waals surface area contributed by atoms with E-state index in [0.717, 1.165) is 16.5 Å². The van der Waals surface area contributed by atoms with Crippen molar-refractivity contribution in [3.63, 3.8) is 0 Å². The molecule has 19 heavy (non-hydrogen) atoms. The van der Waals surface area contributed by atoms with E-state index >= 15 is 0 Å². The van der Waals surface area contributed by atoms with Crippen molar-refractivity contribution in [2.45, 2.75) is 65.0 Å². The van der Waals surface area contributed by atoms with E-state index in [2.05, 4.69) is 35.1 Å². The maximum atomic E-state index is 13.8. The third-order valence-corrected chi connectivity index (χ3v) is 3.94. The van der Waals surface area contributed by atoms with E-state index in [9.17, 15) is 4.39 Å². The molecule has 0 heterocycles. The Labute approximate surface area is 125 Å². The maximum absolute atomic E-state index is 13.8. The lowest BCUT2D eigenvalue weighted by molar-refractivity contribution is 0.428. The molecule has 3 heteroatoms. The zero-order valence-corrected chi connectivity index (χ0v) is 13.8. The molecule has 1 rings (SSSR count). The van der Waals surface area contributed by atoms with E-state index in [1.807, 2.05) is 13.0 Å². The van der Waals surface area contributed by atoms with E-state index in [1.54, 1.807) is 6.07 Å². The number of halogens is 2. The average Bonchev–Trinajstić information content (AvgIpc) is 2.37. The summed E-state index contributed by atoms with van der Waals surface area (Å²) in [5.74, 6) is -0.138. The van der Waals surface area contributed by atoms with Gasteiger partial charge in [-0.3, -0.25) is 0 Å². The van der Waals surface area contributed by atoms with Gasteiger partial charge in [-0.15, -0.1) is 0 Å². The Bertz CT molecular complexity index is 381. The van der Waals surface area contributed by atoms with Crippen LogP contribution >= 0.6 is 15.9 Å². The Kier molecular flexibility index (Phi) is 7.62. The number of nitrogens with one attached hydrogen (secondary N) is 1. The highest BCUT2D eigenvalue weighted by Crippen LogP contribution is 2.22. The van der Waals surface area contributed by atoms with Crippen LogP contribution in [-0.2, 0) is 0 Å². The van der Waals surface area contributed by atoms with Gasteiger partial charge in [-0.25, -0.2) is 4.39 Å². The van der Waals surface area contributed by atoms with E-state index in [4.69, 9.17) is 0 Å². The number of rotatable bonds is 8. The molecule has 0 aliphatic rings. The molecular weight excluding hydrogens is 305 g/mol. The van der Waals surface area contributed by atoms with Crippen LogP contribution < -0.4 is 5.32 Å². The summed E-state index contributed by atoms with van der Waals surface area (Å²) in [6.45, 7) is 6.42. The Morgan fingerprint density at radius 2 is 1.95 bits per heavy atom. The first-order valence-electron chi connectivity index (χ1n) is 7.25. The van der Waals surface area contributed by atoms with Crippen LogP contribution in [0, 0.1) is 5.82 Å². The van der Waals surface area contributed by atoms with Gasteiger partial charge < -0.3 is 5.32 Å². The largest absolute Gasteiger partial charge is 0.308 e. The van der Waals surface area contributed by atoms with Crippen LogP contribution in [0.25, 0.3) is 0 Å². The molecule has 0 aromatic heterocycles. The fourth-order valence-electron chi connectivity index (χ4n) is 2.32. The minimum atomic E-state index is -0.138. The number of hydrogen-bond donors (Lipinski definition) is 1. The maximum Gasteiger partial charge on any atom is 0.128 e. The van der Waals surface area contributed by atoms with Crippen molar-refractivity contribution in [3.05, 3.63) is 34.1 Å². The Hall–Kier alpha value is -0.410. The van der Waals surface area contributed by atoms with Crippen molar-refractivity contribution >= 4 is 15.9 Å². The van der Waals surface area contributed by atoms with Gasteiger partial charge in [-0.05, 0) is 38.5 Å². The summed E-state index contributed by atoms with van der Waals surface area (Å²) in [5, 5.41) is 3.48. The second-order valence-corrected chi connectivity index (χ2v) is 6.22. The molecule has 0 amide bonds. The zero-order chi connectivity index (χ0) is 14.3. The van der Waals surface area contributed by atoms with Gasteiger partial charge in [0.2, 0.25) is 0 Å². The molecule has 0 saturated carbocycles. The van der Waals surface area contributed by atoms with Crippen LogP contribution in [0.15, 0.2) is 22.7 Å². The molecule has 108 valence electrons. The summed E-state index contributed by atoms with van der Waals surface area (Å²) in [6.07, 6.45) is 6.27. The minimum absolute atomic E-state index is 0.0404. The molecule has 0 bridgehead atoms. The summed E-state index contributed by atoms with van der Waals surface area (Å²) >= 11 is 3.40. The minimum Gasteiger partial charge on any atom is -0.308 e. The molecule has 1 nitrogen and oxygen atoms in total. The van der Waals surface area contributed by atoms with Crippen molar-refractivity contribution in [1.29, 1.82) is 0 Å². The second kappa shape index (κ2) is 8.70. The lowest BCUT2D eigenvalue weighted by Crippen LogP contribution is -2.29. The molecule has 0 aliphatic carbocycles. The van der Waals surface area contributed by atoms with Crippen LogP contribution in [0.2, 0.25) is 0 Å². The van der Waals surface area contributed by atoms with Gasteiger partial charge in [0, 0.05) is 22.1 Å². The molecule has 0 fully saturated rings. The number of benzene rings is 1. The van der Waals surface area contributed by atoms with Crippen LogP contribution in [0.3, 0.4) is 0 Å². The highest BCUT2D eigenvalue weighted by atomic mass is 79.9. The van der Waals surface area contributed by atoms with E-state index in [0.29, 0.717) is 6.04 Å². The highest BCUT2D eigenvalue weighted by Gasteiger charge is 2.13. The van der Waals surface area contributed by atoms with Crippen molar-refractivity contribution in [2.75, 3.05) is 0 Å². The van der Waals surface area contributed by atoms with Crippen molar-refractivity contribution in [3.8, 4) is 0 Å². The Balaban J connectivity index is 2.45. The summed E-state index contributed by atoms with van der Waals surface area (Å²) in [4.78, 5) is 0. The second-order valence-electron chi connectivity index (χ2n) is 5.30. The Morgan fingerprint density at radius 3 is 2.63 bits per heavy atom. The van der Waals surface area contributed by atoms with Crippen LogP contribution in [0.1, 0.15) is 64.5 Å². The Morgan fingerprint density at radius 1 is 1.21 bits per heavy atom. The average molecular weight is 330 g/mol. The molecule has 1 aromatic rings. The third kappa shape index (κ3) is 6.05. The van der Waals surface area contributed by atoms with Crippen molar-refractivity contribution in [1.82, 2.24) is 5.32 Å². The predicted octanol–water partition coefficient (Wildman–Crippen LogP) is 5.60. The first-order chi connectivity index (χ1) is 9.04. The molecule has 0 radical (unpaired) electrons. The molecule has 1 aromatic carbocycles. The summed E-state index contributed by atoms with van der Waals surface area (Å²) < 4.78 is 14.7. The lowest BCUT2D eigenvalue weighted by atomic mass is 10.0. The van der Waals surface area contributed by atoms with Crippen molar-refractivity contribution in [2.24, 2.45) is 0 Å². The smallest absolute Gasteiger partial charge is 0.128 e. The van der Waals surface area contributed by atoms with Gasteiger partial charge in [0.1, 0.15) is 5.82 Å². The fourth-order valence-corrected chi connectivity index (χ4v) is 2.70. The van der Waals surface area contributed by atoms with Gasteiger partial charge >= 0.3 is 0 Å². The van der Waals surface area contributed by atoms with Gasteiger partial charge in [0.25, 0.3) is 0 Å². The SMILES string of the molecule is CCCCCCC(C)NC(C)c1cc(Br)ccc1F. The van der Waals surface area contributed by atoms with Gasteiger partial charge in [0.05, 0.1) is 0 Å². The highest BCUT2D eigenvalue weighted by molar-refractivity contribution is 9.10. The predicted molar refractivity (Wildman–Crippen MR) is 83.9 cm³/mol. The first kappa shape index (κ1) is 16.6. The van der Waals surface area contributed by atoms with Crippen molar-refractivity contribution < 1.29 is 4.39 Å². The fraction of sp³-hybridized carbons (Fsp3) is 0.625. The molecule has 0 saturated heterocycles. The molecular formula is C16H25BrFN. The number of hydrogen-bond acceptors (Lipinski definition) is 1. The van der Waals surface area contributed by atoms with Gasteiger partial charge in [-0.1, -0.05) is 48.5 Å². The standard InChI is InChI=1S/C16H25BrFN/c1-4-5-6-7-8-12(2)19-13(3)15-11-14(17)9-10-16(15)18/h9-13,19H,4-8H2,1-3H3. The molecule has 1 N–H and O–H groups in total. The first-order valence-corrected chi connectivity index (χ1v) is 8.05. The number of unbranched alkanes of at least 4 members (excludes halogenated alkanes) is 3. The molecule has 0 aliphatic heterocycles. The summed E-state index contributed by atoms with van der Waals surface area (Å²) in [6, 6.07) is 5.57. The van der Waals surface area contributed by atoms with Gasteiger partial charge in [-0.2, -0.15) is 0 Å². The van der Waals surface area contributed by atoms with Gasteiger partial charge in [0.15, 0.2) is 0 Å². The monoisotopic (exact) mass is 329 g/mol. The summed E-state index contributed by atoms with van der Waals surface area (Å²) in [7, 11) is 0. The quantitative estimate of drug-likeness (QED) is 0.612. The van der Waals surface area contributed by atoms with E-state index < -0.39 is 0 Å². The molecule has 2 unspecified atom stereocenters. The topological polar surface area (TPSA) is 12.0 Å². The van der Waals surface area contributed by atoms with Crippen LogP contribution in [0.4, 0.5) is 4.39 Å².